The highest BCUT2D eigenvalue weighted by Gasteiger charge is 2.22. The molecule has 1 heterocycles. The monoisotopic (exact) mass is 308 g/mol. The van der Waals surface area contributed by atoms with E-state index in [9.17, 15) is 8.42 Å². The zero-order chi connectivity index (χ0) is 14.7. The second-order valence-corrected chi connectivity index (χ2v) is 7.88. The van der Waals surface area contributed by atoms with Gasteiger partial charge in [0.2, 0.25) is 10.0 Å². The van der Waals surface area contributed by atoms with Gasteiger partial charge in [0.25, 0.3) is 0 Å². The van der Waals surface area contributed by atoms with E-state index in [4.69, 9.17) is 0 Å². The van der Waals surface area contributed by atoms with E-state index in [1.807, 2.05) is 12.1 Å². The maximum atomic E-state index is 12.6. The van der Waals surface area contributed by atoms with Gasteiger partial charge in [-0.2, -0.15) is 0 Å². The summed E-state index contributed by atoms with van der Waals surface area (Å²) in [5.74, 6) is 0. The Morgan fingerprint density at radius 1 is 1.05 bits per heavy atom. The highest BCUT2D eigenvalue weighted by atomic mass is 32.2. The molecule has 0 radical (unpaired) electrons. The van der Waals surface area contributed by atoms with Crippen LogP contribution in [0.1, 0.15) is 49.7 Å². The van der Waals surface area contributed by atoms with Crippen molar-refractivity contribution in [2.24, 2.45) is 0 Å². The summed E-state index contributed by atoms with van der Waals surface area (Å²) in [5, 5.41) is 3.29. The minimum atomic E-state index is -3.39. The van der Waals surface area contributed by atoms with Crippen LogP contribution < -0.4 is 10.0 Å². The molecule has 1 aromatic carbocycles. The molecule has 0 aromatic heterocycles. The summed E-state index contributed by atoms with van der Waals surface area (Å²) in [5.41, 5.74) is 2.38. The molecule has 5 heteroatoms. The van der Waals surface area contributed by atoms with Gasteiger partial charge in [0.1, 0.15) is 0 Å². The normalized spacial score (nSPS) is 20.8. The standard InChI is InChI=1S/C16H24N2O2S/c19-21(20,18-15-5-3-1-2-4-6-15)16-8-7-13-9-10-17-12-14(13)11-16/h7-8,11,15,17-18H,1-6,9-10,12H2. The maximum absolute atomic E-state index is 12.6. The van der Waals surface area contributed by atoms with E-state index in [0.29, 0.717) is 4.90 Å². The van der Waals surface area contributed by atoms with Crippen molar-refractivity contribution < 1.29 is 8.42 Å². The van der Waals surface area contributed by atoms with Crippen molar-refractivity contribution in [3.63, 3.8) is 0 Å². The van der Waals surface area contributed by atoms with Crippen LogP contribution in [-0.4, -0.2) is 21.0 Å². The quantitative estimate of drug-likeness (QED) is 0.843. The summed E-state index contributed by atoms with van der Waals surface area (Å²) in [7, 11) is -3.39. The molecule has 1 saturated carbocycles. The van der Waals surface area contributed by atoms with Gasteiger partial charge in [0.05, 0.1) is 4.90 Å². The number of sulfonamides is 1. The molecule has 0 unspecified atom stereocenters. The van der Waals surface area contributed by atoms with E-state index in [2.05, 4.69) is 10.0 Å². The Morgan fingerprint density at radius 2 is 1.81 bits per heavy atom. The van der Waals surface area contributed by atoms with Crippen LogP contribution in [0.4, 0.5) is 0 Å². The molecule has 3 rings (SSSR count). The molecule has 1 aliphatic heterocycles. The van der Waals surface area contributed by atoms with Gasteiger partial charge in [-0.05, 0) is 49.1 Å². The highest BCUT2D eigenvalue weighted by molar-refractivity contribution is 7.89. The lowest BCUT2D eigenvalue weighted by atomic mass is 10.0. The Balaban J connectivity index is 1.77. The fourth-order valence-corrected chi connectivity index (χ4v) is 4.66. The summed E-state index contributed by atoms with van der Waals surface area (Å²) >= 11 is 0. The van der Waals surface area contributed by atoms with Crippen LogP contribution in [0.2, 0.25) is 0 Å². The van der Waals surface area contributed by atoms with Gasteiger partial charge in [-0.25, -0.2) is 13.1 Å². The lowest BCUT2D eigenvalue weighted by molar-refractivity contribution is 0.509. The molecule has 1 aromatic rings. The molecule has 2 aliphatic rings. The number of hydrogen-bond donors (Lipinski definition) is 2. The Labute approximate surface area is 127 Å². The first-order valence-electron chi connectivity index (χ1n) is 8.00. The van der Waals surface area contributed by atoms with Crippen LogP contribution in [0.15, 0.2) is 23.1 Å². The third kappa shape index (κ3) is 3.65. The SMILES string of the molecule is O=S(=O)(NC1CCCCCC1)c1ccc2c(c1)CNCC2. The summed E-state index contributed by atoms with van der Waals surface area (Å²) in [4.78, 5) is 0.411. The second-order valence-electron chi connectivity index (χ2n) is 6.17. The van der Waals surface area contributed by atoms with E-state index < -0.39 is 10.0 Å². The molecule has 0 saturated heterocycles. The Kier molecular flexibility index (Phi) is 4.62. The zero-order valence-electron chi connectivity index (χ0n) is 12.4. The first-order chi connectivity index (χ1) is 10.1. The Morgan fingerprint density at radius 3 is 2.57 bits per heavy atom. The predicted molar refractivity (Wildman–Crippen MR) is 83.7 cm³/mol. The first-order valence-corrected chi connectivity index (χ1v) is 9.48. The first kappa shape index (κ1) is 15.0. The summed E-state index contributed by atoms with van der Waals surface area (Å²) in [6, 6.07) is 5.66. The lowest BCUT2D eigenvalue weighted by Crippen LogP contribution is -2.34. The molecule has 21 heavy (non-hydrogen) atoms. The average molecular weight is 308 g/mol. The predicted octanol–water partition coefficient (Wildman–Crippen LogP) is 2.33. The largest absolute Gasteiger partial charge is 0.312 e. The van der Waals surface area contributed by atoms with Crippen molar-refractivity contribution in [3.05, 3.63) is 29.3 Å². The third-order valence-electron chi connectivity index (χ3n) is 4.55. The fourth-order valence-electron chi connectivity index (χ4n) is 3.31. The molecular weight excluding hydrogens is 284 g/mol. The summed E-state index contributed by atoms with van der Waals surface area (Å²) in [6.07, 6.45) is 7.61. The van der Waals surface area contributed by atoms with Crippen molar-refractivity contribution in [1.82, 2.24) is 10.0 Å². The van der Waals surface area contributed by atoms with Gasteiger partial charge in [-0.3, -0.25) is 0 Å². The maximum Gasteiger partial charge on any atom is 0.240 e. The van der Waals surface area contributed by atoms with Crippen LogP contribution >= 0.6 is 0 Å². The van der Waals surface area contributed by atoms with E-state index in [1.54, 1.807) is 6.07 Å². The van der Waals surface area contributed by atoms with Gasteiger partial charge >= 0.3 is 0 Å². The smallest absolute Gasteiger partial charge is 0.240 e. The minimum Gasteiger partial charge on any atom is -0.312 e. The van der Waals surface area contributed by atoms with Crippen molar-refractivity contribution in [2.45, 2.75) is 62.4 Å². The number of hydrogen-bond acceptors (Lipinski definition) is 3. The number of benzene rings is 1. The van der Waals surface area contributed by atoms with Gasteiger partial charge in [0, 0.05) is 12.6 Å². The van der Waals surface area contributed by atoms with Gasteiger partial charge in [-0.15, -0.1) is 0 Å². The summed E-state index contributed by atoms with van der Waals surface area (Å²) < 4.78 is 28.0. The van der Waals surface area contributed by atoms with Crippen LogP contribution in [0, 0.1) is 0 Å². The summed E-state index contributed by atoms with van der Waals surface area (Å²) in [6.45, 7) is 1.74. The average Bonchev–Trinajstić information content (AvgIpc) is 2.75. The van der Waals surface area contributed by atoms with Crippen molar-refractivity contribution in [1.29, 1.82) is 0 Å². The fraction of sp³-hybridized carbons (Fsp3) is 0.625. The zero-order valence-corrected chi connectivity index (χ0v) is 13.2. The molecule has 1 fully saturated rings. The topological polar surface area (TPSA) is 58.2 Å². The molecule has 116 valence electrons. The van der Waals surface area contributed by atoms with Gasteiger partial charge < -0.3 is 5.32 Å². The second kappa shape index (κ2) is 6.46. The highest BCUT2D eigenvalue weighted by Crippen LogP contribution is 2.22. The molecular formula is C16H24N2O2S. The lowest BCUT2D eigenvalue weighted by Gasteiger charge is -2.20. The number of fused-ring (bicyclic) bond motifs is 1. The Bertz CT molecular complexity index is 590. The van der Waals surface area contributed by atoms with E-state index in [1.165, 1.54) is 18.4 Å². The van der Waals surface area contributed by atoms with Gasteiger partial charge in [-0.1, -0.05) is 31.7 Å². The van der Waals surface area contributed by atoms with Crippen molar-refractivity contribution >= 4 is 10.0 Å². The van der Waals surface area contributed by atoms with Crippen LogP contribution in [0.3, 0.4) is 0 Å². The van der Waals surface area contributed by atoms with Crippen LogP contribution in [0.5, 0.6) is 0 Å². The van der Waals surface area contributed by atoms with E-state index in [0.717, 1.165) is 50.8 Å². The molecule has 0 bridgehead atoms. The molecule has 1 aliphatic carbocycles. The van der Waals surface area contributed by atoms with Crippen molar-refractivity contribution in [2.75, 3.05) is 6.54 Å². The number of nitrogens with one attached hydrogen (secondary N) is 2. The Hall–Kier alpha value is -0.910. The molecule has 2 N–H and O–H groups in total. The van der Waals surface area contributed by atoms with Crippen LogP contribution in [-0.2, 0) is 23.0 Å². The molecule has 0 amide bonds. The molecule has 0 spiro atoms. The molecule has 4 nitrogen and oxygen atoms in total. The minimum absolute atomic E-state index is 0.103. The van der Waals surface area contributed by atoms with Gasteiger partial charge in [0.15, 0.2) is 0 Å². The van der Waals surface area contributed by atoms with Crippen LogP contribution in [0.25, 0.3) is 0 Å². The number of rotatable bonds is 3. The van der Waals surface area contributed by atoms with E-state index >= 15 is 0 Å². The third-order valence-corrected chi connectivity index (χ3v) is 6.07. The molecule has 0 atom stereocenters. The van der Waals surface area contributed by atoms with E-state index in [-0.39, 0.29) is 6.04 Å². The van der Waals surface area contributed by atoms with Crippen molar-refractivity contribution in [3.8, 4) is 0 Å².